The van der Waals surface area contributed by atoms with Crippen LogP contribution in [-0.4, -0.2) is 19.6 Å². The Bertz CT molecular complexity index is 522. The van der Waals surface area contributed by atoms with E-state index in [2.05, 4.69) is 29.4 Å². The van der Waals surface area contributed by atoms with E-state index in [1.807, 2.05) is 24.9 Å². The fourth-order valence-electron chi connectivity index (χ4n) is 1.68. The number of anilines is 3. The molecule has 0 saturated heterocycles. The largest absolute Gasteiger partial charge is 0.394 e. The average Bonchev–Trinajstić information content (AvgIpc) is 2.77. The minimum Gasteiger partial charge on any atom is -0.394 e. The number of nitrogens with zero attached hydrogens (tertiary/aromatic N) is 4. The average molecular weight is 234 g/mol. The van der Waals surface area contributed by atoms with Crippen LogP contribution in [0.15, 0.2) is 12.4 Å². The molecule has 2 rings (SSSR count). The molecule has 17 heavy (non-hydrogen) atoms. The van der Waals surface area contributed by atoms with Gasteiger partial charge < -0.3 is 11.1 Å². The summed E-state index contributed by atoms with van der Waals surface area (Å²) in [6, 6.07) is 0.255. The van der Waals surface area contributed by atoms with Gasteiger partial charge in [0.25, 0.3) is 0 Å². The van der Waals surface area contributed by atoms with Gasteiger partial charge in [-0.3, -0.25) is 4.68 Å². The third-order valence-corrected chi connectivity index (χ3v) is 2.59. The lowest BCUT2D eigenvalue weighted by Gasteiger charge is -2.12. The second-order valence-electron chi connectivity index (χ2n) is 4.41. The van der Waals surface area contributed by atoms with Gasteiger partial charge in [0.15, 0.2) is 5.82 Å². The van der Waals surface area contributed by atoms with Gasteiger partial charge >= 0.3 is 0 Å². The zero-order valence-electron chi connectivity index (χ0n) is 10.6. The Kier molecular flexibility index (Phi) is 2.79. The third-order valence-electron chi connectivity index (χ3n) is 2.59. The highest BCUT2D eigenvalue weighted by Crippen LogP contribution is 2.28. The van der Waals surface area contributed by atoms with Gasteiger partial charge in [0.05, 0.1) is 23.3 Å². The Morgan fingerprint density at radius 1 is 1.41 bits per heavy atom. The fraction of sp³-hybridized carbons (Fsp3) is 0.455. The Hall–Kier alpha value is -1.98. The van der Waals surface area contributed by atoms with Crippen molar-refractivity contribution < 1.29 is 0 Å². The summed E-state index contributed by atoms with van der Waals surface area (Å²) in [7, 11) is 1.87. The summed E-state index contributed by atoms with van der Waals surface area (Å²) in [5, 5.41) is 11.8. The Labute approximate surface area is 100 Å². The second kappa shape index (κ2) is 4.12. The molecule has 0 amide bonds. The van der Waals surface area contributed by atoms with E-state index in [9.17, 15) is 0 Å². The van der Waals surface area contributed by atoms with Crippen molar-refractivity contribution in [2.45, 2.75) is 26.8 Å². The number of nitrogens with two attached hydrogens (primary N) is 1. The van der Waals surface area contributed by atoms with Gasteiger partial charge in [-0.2, -0.15) is 10.2 Å². The molecule has 0 aliphatic heterocycles. The molecule has 3 N–H and O–H groups in total. The number of rotatable bonds is 3. The summed E-state index contributed by atoms with van der Waals surface area (Å²) in [6.45, 7) is 6.04. The monoisotopic (exact) mass is 234 g/mol. The number of aryl methyl sites for hydroxylation is 2. The maximum absolute atomic E-state index is 6.02. The van der Waals surface area contributed by atoms with Gasteiger partial charge in [-0.05, 0) is 20.8 Å². The van der Waals surface area contributed by atoms with Gasteiger partial charge in [-0.25, -0.2) is 4.68 Å². The van der Waals surface area contributed by atoms with Crippen LogP contribution in [0, 0.1) is 6.92 Å². The Morgan fingerprint density at radius 3 is 2.65 bits per heavy atom. The number of hydrogen-bond donors (Lipinski definition) is 2. The van der Waals surface area contributed by atoms with E-state index in [0.29, 0.717) is 5.69 Å². The molecule has 2 aromatic heterocycles. The summed E-state index contributed by atoms with van der Waals surface area (Å²) in [6.07, 6.45) is 3.65. The third kappa shape index (κ3) is 2.11. The molecule has 0 aliphatic carbocycles. The van der Waals surface area contributed by atoms with E-state index < -0.39 is 0 Å². The van der Waals surface area contributed by atoms with E-state index >= 15 is 0 Å². The molecule has 0 fully saturated rings. The van der Waals surface area contributed by atoms with Crippen molar-refractivity contribution >= 4 is 17.2 Å². The highest BCUT2D eigenvalue weighted by Gasteiger charge is 2.15. The SMILES string of the molecule is Cc1nn(C(C)C)c(Nc2cnn(C)c2)c1N. The minimum absolute atomic E-state index is 0.255. The molecule has 6 nitrogen and oxygen atoms in total. The molecule has 0 bridgehead atoms. The van der Waals surface area contributed by atoms with Crippen molar-refractivity contribution in [1.29, 1.82) is 0 Å². The van der Waals surface area contributed by atoms with Crippen molar-refractivity contribution in [3.8, 4) is 0 Å². The first-order valence-corrected chi connectivity index (χ1v) is 5.59. The molecule has 0 radical (unpaired) electrons. The Morgan fingerprint density at radius 2 is 2.12 bits per heavy atom. The van der Waals surface area contributed by atoms with E-state index in [4.69, 9.17) is 5.73 Å². The van der Waals surface area contributed by atoms with Crippen molar-refractivity contribution in [2.24, 2.45) is 7.05 Å². The van der Waals surface area contributed by atoms with Crippen LogP contribution in [0.5, 0.6) is 0 Å². The lowest BCUT2D eigenvalue weighted by Crippen LogP contribution is -2.07. The lowest BCUT2D eigenvalue weighted by molar-refractivity contribution is 0.536. The van der Waals surface area contributed by atoms with Gasteiger partial charge in [0.1, 0.15) is 0 Å². The van der Waals surface area contributed by atoms with Crippen LogP contribution in [0.2, 0.25) is 0 Å². The molecule has 2 heterocycles. The van der Waals surface area contributed by atoms with Crippen LogP contribution in [0.25, 0.3) is 0 Å². The quantitative estimate of drug-likeness (QED) is 0.849. The molecule has 92 valence electrons. The zero-order valence-corrected chi connectivity index (χ0v) is 10.6. The maximum atomic E-state index is 6.02. The highest BCUT2D eigenvalue weighted by atomic mass is 15.4. The van der Waals surface area contributed by atoms with Crippen LogP contribution in [-0.2, 0) is 7.05 Å². The molecule has 0 atom stereocenters. The maximum Gasteiger partial charge on any atom is 0.152 e. The van der Waals surface area contributed by atoms with Gasteiger partial charge in [-0.15, -0.1) is 0 Å². The normalized spacial score (nSPS) is 11.1. The molecule has 0 saturated carbocycles. The first-order chi connectivity index (χ1) is 7.99. The summed E-state index contributed by atoms with van der Waals surface area (Å²) >= 11 is 0. The lowest BCUT2D eigenvalue weighted by atomic mass is 10.3. The standard InChI is InChI=1S/C11H18N6/c1-7(2)17-11(10(12)8(3)15-17)14-9-5-13-16(4)6-9/h5-7,14H,12H2,1-4H3. The van der Waals surface area contributed by atoms with Crippen LogP contribution >= 0.6 is 0 Å². The molecule has 6 heteroatoms. The second-order valence-corrected chi connectivity index (χ2v) is 4.41. The number of aromatic nitrogens is 4. The fourth-order valence-corrected chi connectivity index (χ4v) is 1.68. The van der Waals surface area contributed by atoms with Crippen molar-refractivity contribution in [2.75, 3.05) is 11.1 Å². The number of hydrogen-bond acceptors (Lipinski definition) is 4. The summed E-state index contributed by atoms with van der Waals surface area (Å²) < 4.78 is 3.62. The van der Waals surface area contributed by atoms with Crippen molar-refractivity contribution in [1.82, 2.24) is 19.6 Å². The highest BCUT2D eigenvalue weighted by molar-refractivity contribution is 5.70. The molecule has 0 unspecified atom stereocenters. The van der Waals surface area contributed by atoms with E-state index in [-0.39, 0.29) is 6.04 Å². The predicted octanol–water partition coefficient (Wildman–Crippen LogP) is 1.83. The number of nitrogen functional groups attached to an aromatic ring is 1. The van der Waals surface area contributed by atoms with Gasteiger partial charge in [-0.1, -0.05) is 0 Å². The zero-order chi connectivity index (χ0) is 12.6. The summed E-state index contributed by atoms with van der Waals surface area (Å²) in [4.78, 5) is 0. The van der Waals surface area contributed by atoms with Crippen LogP contribution in [0.1, 0.15) is 25.6 Å². The molecule has 0 aromatic carbocycles. The molecular formula is C11H18N6. The topological polar surface area (TPSA) is 73.7 Å². The first-order valence-electron chi connectivity index (χ1n) is 5.59. The molecular weight excluding hydrogens is 216 g/mol. The predicted molar refractivity (Wildman–Crippen MR) is 68.3 cm³/mol. The van der Waals surface area contributed by atoms with Crippen LogP contribution in [0.4, 0.5) is 17.2 Å². The molecule has 0 aliphatic rings. The van der Waals surface area contributed by atoms with Crippen molar-refractivity contribution in [3.63, 3.8) is 0 Å². The minimum atomic E-state index is 0.255. The van der Waals surface area contributed by atoms with Gasteiger partial charge in [0, 0.05) is 19.3 Å². The van der Waals surface area contributed by atoms with E-state index in [1.165, 1.54) is 0 Å². The van der Waals surface area contributed by atoms with E-state index in [1.54, 1.807) is 10.9 Å². The molecule has 0 spiro atoms. The first kappa shape index (κ1) is 11.5. The van der Waals surface area contributed by atoms with Gasteiger partial charge in [0.2, 0.25) is 0 Å². The smallest absolute Gasteiger partial charge is 0.152 e. The van der Waals surface area contributed by atoms with Crippen LogP contribution in [0.3, 0.4) is 0 Å². The van der Waals surface area contributed by atoms with Crippen LogP contribution < -0.4 is 11.1 Å². The molecule has 2 aromatic rings. The van der Waals surface area contributed by atoms with E-state index in [0.717, 1.165) is 17.2 Å². The summed E-state index contributed by atoms with van der Waals surface area (Å²) in [5.41, 5.74) is 8.45. The number of nitrogens with one attached hydrogen (secondary N) is 1. The van der Waals surface area contributed by atoms with Crippen molar-refractivity contribution in [3.05, 3.63) is 18.1 Å². The Balaban J connectivity index is 2.37. The summed E-state index contributed by atoms with van der Waals surface area (Å²) in [5.74, 6) is 0.825.